The van der Waals surface area contributed by atoms with Crippen molar-refractivity contribution in [3.63, 3.8) is 0 Å². The minimum absolute atomic E-state index is 0.289. The summed E-state index contributed by atoms with van der Waals surface area (Å²) in [6.45, 7) is 8.07. The molecule has 0 radical (unpaired) electrons. The van der Waals surface area contributed by atoms with Gasteiger partial charge in [0, 0.05) is 12.1 Å². The highest BCUT2D eigenvalue weighted by Gasteiger charge is 2.23. The molecule has 1 aromatic rings. The van der Waals surface area contributed by atoms with Crippen LogP contribution < -0.4 is 10.0 Å². The largest absolute Gasteiger partial charge is 0.384 e. The Morgan fingerprint density at radius 3 is 2.29 bits per heavy atom. The molecule has 5 heteroatoms. The van der Waals surface area contributed by atoms with E-state index in [1.54, 1.807) is 18.2 Å². The van der Waals surface area contributed by atoms with E-state index in [1.165, 1.54) is 0 Å². The molecule has 4 nitrogen and oxygen atoms in total. The lowest BCUT2D eigenvalue weighted by Gasteiger charge is -2.21. The SMILES string of the molecule is CCNc1ccccc1S(=O)(=O)NC(C)(C)C. The quantitative estimate of drug-likeness (QED) is 0.868. The average molecular weight is 256 g/mol. The summed E-state index contributed by atoms with van der Waals surface area (Å²) >= 11 is 0. The first kappa shape index (κ1) is 14.0. The minimum Gasteiger partial charge on any atom is -0.384 e. The van der Waals surface area contributed by atoms with Crippen molar-refractivity contribution < 1.29 is 8.42 Å². The van der Waals surface area contributed by atoms with Gasteiger partial charge in [0.25, 0.3) is 0 Å². The number of para-hydroxylation sites is 1. The highest BCUT2D eigenvalue weighted by Crippen LogP contribution is 2.21. The van der Waals surface area contributed by atoms with E-state index in [-0.39, 0.29) is 4.90 Å². The monoisotopic (exact) mass is 256 g/mol. The van der Waals surface area contributed by atoms with Crippen LogP contribution in [0.4, 0.5) is 5.69 Å². The van der Waals surface area contributed by atoms with E-state index in [4.69, 9.17) is 0 Å². The van der Waals surface area contributed by atoms with Crippen molar-refractivity contribution in [2.24, 2.45) is 0 Å². The fourth-order valence-electron chi connectivity index (χ4n) is 1.50. The second-order valence-corrected chi connectivity index (χ2v) is 6.53. The van der Waals surface area contributed by atoms with E-state index in [0.717, 1.165) is 0 Å². The number of rotatable bonds is 4. The summed E-state index contributed by atoms with van der Waals surface area (Å²) < 4.78 is 27.0. The smallest absolute Gasteiger partial charge is 0.243 e. The maximum absolute atomic E-state index is 12.2. The molecule has 0 aliphatic heterocycles. The van der Waals surface area contributed by atoms with Crippen LogP contribution in [0.3, 0.4) is 0 Å². The van der Waals surface area contributed by atoms with E-state index in [0.29, 0.717) is 12.2 Å². The Hall–Kier alpha value is -1.07. The number of nitrogens with one attached hydrogen (secondary N) is 2. The third kappa shape index (κ3) is 4.02. The zero-order valence-electron chi connectivity index (χ0n) is 10.7. The molecule has 96 valence electrons. The Balaban J connectivity index is 3.15. The Morgan fingerprint density at radius 2 is 1.76 bits per heavy atom. The second kappa shape index (κ2) is 5.06. The molecule has 0 atom stereocenters. The van der Waals surface area contributed by atoms with Crippen molar-refractivity contribution in [1.82, 2.24) is 4.72 Å². The number of benzene rings is 1. The molecule has 0 saturated carbocycles. The maximum Gasteiger partial charge on any atom is 0.243 e. The van der Waals surface area contributed by atoms with Gasteiger partial charge in [0.15, 0.2) is 0 Å². The molecule has 0 unspecified atom stereocenters. The van der Waals surface area contributed by atoms with Crippen LogP contribution in [0.25, 0.3) is 0 Å². The van der Waals surface area contributed by atoms with Gasteiger partial charge in [-0.1, -0.05) is 12.1 Å². The van der Waals surface area contributed by atoms with Gasteiger partial charge in [-0.25, -0.2) is 13.1 Å². The van der Waals surface area contributed by atoms with Gasteiger partial charge < -0.3 is 5.32 Å². The molecule has 0 aliphatic carbocycles. The Morgan fingerprint density at radius 1 is 1.18 bits per heavy atom. The first-order valence-electron chi connectivity index (χ1n) is 5.63. The van der Waals surface area contributed by atoms with E-state index in [2.05, 4.69) is 10.0 Å². The third-order valence-electron chi connectivity index (χ3n) is 1.98. The van der Waals surface area contributed by atoms with Crippen LogP contribution in [0.5, 0.6) is 0 Å². The fourth-order valence-corrected chi connectivity index (χ4v) is 3.10. The lowest BCUT2D eigenvalue weighted by atomic mass is 10.1. The fraction of sp³-hybridized carbons (Fsp3) is 0.500. The van der Waals surface area contributed by atoms with Crippen LogP contribution in [-0.2, 0) is 10.0 Å². The van der Waals surface area contributed by atoms with E-state index < -0.39 is 15.6 Å². The number of hydrogen-bond donors (Lipinski definition) is 2. The first-order valence-corrected chi connectivity index (χ1v) is 7.11. The predicted octanol–water partition coefficient (Wildman–Crippen LogP) is 2.20. The average Bonchev–Trinajstić information content (AvgIpc) is 2.15. The Kier molecular flexibility index (Phi) is 4.16. The summed E-state index contributed by atoms with van der Waals surface area (Å²) in [5.74, 6) is 0. The van der Waals surface area contributed by atoms with E-state index in [9.17, 15) is 8.42 Å². The summed E-state index contributed by atoms with van der Waals surface area (Å²) in [5.41, 5.74) is 0.143. The summed E-state index contributed by atoms with van der Waals surface area (Å²) in [5, 5.41) is 3.05. The van der Waals surface area contributed by atoms with Crippen molar-refractivity contribution in [2.75, 3.05) is 11.9 Å². The van der Waals surface area contributed by atoms with Crippen LogP contribution in [0.1, 0.15) is 27.7 Å². The molecule has 0 heterocycles. The maximum atomic E-state index is 12.2. The number of hydrogen-bond acceptors (Lipinski definition) is 3. The highest BCUT2D eigenvalue weighted by atomic mass is 32.2. The molecular formula is C12H20N2O2S. The molecule has 1 rings (SSSR count). The highest BCUT2D eigenvalue weighted by molar-refractivity contribution is 7.89. The molecule has 1 aromatic carbocycles. The zero-order valence-corrected chi connectivity index (χ0v) is 11.6. The molecular weight excluding hydrogens is 236 g/mol. The van der Waals surface area contributed by atoms with Gasteiger partial charge in [-0.3, -0.25) is 0 Å². The van der Waals surface area contributed by atoms with Gasteiger partial charge in [0.1, 0.15) is 4.90 Å². The molecule has 0 saturated heterocycles. The molecule has 0 aliphatic rings. The summed E-state index contributed by atoms with van der Waals surface area (Å²) in [7, 11) is -3.48. The molecule has 2 N–H and O–H groups in total. The van der Waals surface area contributed by atoms with Crippen molar-refractivity contribution >= 4 is 15.7 Å². The summed E-state index contributed by atoms with van der Waals surface area (Å²) in [4.78, 5) is 0.289. The molecule has 0 spiro atoms. The Labute approximate surface area is 103 Å². The Bertz CT molecular complexity index is 476. The molecule has 0 amide bonds. The number of sulfonamides is 1. The van der Waals surface area contributed by atoms with Crippen LogP contribution in [0.15, 0.2) is 29.2 Å². The van der Waals surface area contributed by atoms with Gasteiger partial charge in [-0.15, -0.1) is 0 Å². The predicted molar refractivity (Wildman–Crippen MR) is 70.7 cm³/mol. The van der Waals surface area contributed by atoms with Crippen molar-refractivity contribution in [3.05, 3.63) is 24.3 Å². The third-order valence-corrected chi connectivity index (χ3v) is 3.80. The van der Waals surface area contributed by atoms with E-state index >= 15 is 0 Å². The van der Waals surface area contributed by atoms with Crippen molar-refractivity contribution in [1.29, 1.82) is 0 Å². The van der Waals surface area contributed by atoms with Crippen molar-refractivity contribution in [2.45, 2.75) is 38.1 Å². The standard InChI is InChI=1S/C12H20N2O2S/c1-5-13-10-8-6-7-9-11(10)17(15,16)14-12(2,3)4/h6-9,13-14H,5H2,1-4H3. The van der Waals surface area contributed by atoms with E-state index in [1.807, 2.05) is 33.8 Å². The zero-order chi connectivity index (χ0) is 13.1. The van der Waals surface area contributed by atoms with Gasteiger partial charge in [-0.05, 0) is 39.8 Å². The second-order valence-electron chi connectivity index (χ2n) is 4.88. The van der Waals surface area contributed by atoms with Crippen LogP contribution in [0, 0.1) is 0 Å². The molecule has 0 aromatic heterocycles. The van der Waals surface area contributed by atoms with Gasteiger partial charge in [0.05, 0.1) is 5.69 Å². The summed E-state index contributed by atoms with van der Waals surface area (Å²) in [6.07, 6.45) is 0. The lowest BCUT2D eigenvalue weighted by Crippen LogP contribution is -2.40. The molecule has 0 fully saturated rings. The van der Waals surface area contributed by atoms with Crippen molar-refractivity contribution in [3.8, 4) is 0 Å². The van der Waals surface area contributed by atoms with Crippen LogP contribution in [-0.4, -0.2) is 20.5 Å². The lowest BCUT2D eigenvalue weighted by molar-refractivity contribution is 0.491. The number of anilines is 1. The summed E-state index contributed by atoms with van der Waals surface area (Å²) in [6, 6.07) is 6.90. The van der Waals surface area contributed by atoms with Gasteiger partial charge in [0.2, 0.25) is 10.0 Å². The normalized spacial score (nSPS) is 12.5. The van der Waals surface area contributed by atoms with Gasteiger partial charge >= 0.3 is 0 Å². The van der Waals surface area contributed by atoms with Crippen LogP contribution in [0.2, 0.25) is 0 Å². The molecule has 0 bridgehead atoms. The molecule has 17 heavy (non-hydrogen) atoms. The topological polar surface area (TPSA) is 58.2 Å². The first-order chi connectivity index (χ1) is 7.76. The van der Waals surface area contributed by atoms with Crippen LogP contribution >= 0.6 is 0 Å². The minimum atomic E-state index is -3.48. The van der Waals surface area contributed by atoms with Gasteiger partial charge in [-0.2, -0.15) is 0 Å².